The number of carbonyl (C=O) groups excluding carboxylic acids is 2. The molecule has 3 heterocycles. The van der Waals surface area contributed by atoms with Gasteiger partial charge >= 0.3 is 0 Å². The number of hydrogen-bond acceptors (Lipinski definition) is 6. The van der Waals surface area contributed by atoms with Gasteiger partial charge in [-0.25, -0.2) is 0 Å². The standard InChI is InChI=1S/C21H22N6O2/c22-8-12-3-1-2-4-17(12)27-15-7-19(21(27)29)25(10-15)11-16(24)20(28)26-14(9-23)5-13-6-18(13)26/h1-4,13-16,18-19H,5-7,10-11,24H2/t13?,14-,15+,16-,18-,19+/m0/s1. The number of nitriles is 2. The molecule has 1 aromatic carbocycles. The van der Waals surface area contributed by atoms with Gasteiger partial charge in [0.15, 0.2) is 0 Å². The van der Waals surface area contributed by atoms with Crippen LogP contribution in [0.3, 0.4) is 0 Å². The third-order valence-corrected chi connectivity index (χ3v) is 6.81. The molecule has 0 radical (unpaired) electrons. The van der Waals surface area contributed by atoms with Crippen molar-refractivity contribution in [3.8, 4) is 12.1 Å². The summed E-state index contributed by atoms with van der Waals surface area (Å²) >= 11 is 0. The molecule has 5 rings (SSSR count). The first kappa shape index (κ1) is 18.1. The molecule has 0 spiro atoms. The van der Waals surface area contributed by atoms with E-state index in [4.69, 9.17) is 5.73 Å². The number of likely N-dealkylation sites (tertiary alicyclic amines) is 2. The highest BCUT2D eigenvalue weighted by Gasteiger charge is 2.55. The fraction of sp³-hybridized carbons (Fsp3) is 0.524. The van der Waals surface area contributed by atoms with Crippen molar-refractivity contribution in [3.63, 3.8) is 0 Å². The van der Waals surface area contributed by atoms with E-state index >= 15 is 0 Å². The van der Waals surface area contributed by atoms with Gasteiger partial charge in [-0.1, -0.05) is 12.1 Å². The van der Waals surface area contributed by atoms with Crippen LogP contribution >= 0.6 is 0 Å². The minimum Gasteiger partial charge on any atom is -0.322 e. The number of para-hydroxylation sites is 1. The van der Waals surface area contributed by atoms with Crippen molar-refractivity contribution < 1.29 is 9.59 Å². The van der Waals surface area contributed by atoms with Gasteiger partial charge in [-0.15, -0.1) is 0 Å². The van der Waals surface area contributed by atoms with E-state index in [-0.39, 0.29) is 36.0 Å². The maximum absolute atomic E-state index is 13.0. The van der Waals surface area contributed by atoms with Gasteiger partial charge in [0, 0.05) is 19.1 Å². The molecule has 8 heteroatoms. The fourth-order valence-electron chi connectivity index (χ4n) is 5.37. The molecule has 1 unspecified atom stereocenters. The van der Waals surface area contributed by atoms with E-state index < -0.39 is 6.04 Å². The first-order valence-electron chi connectivity index (χ1n) is 10.1. The average molecular weight is 390 g/mol. The van der Waals surface area contributed by atoms with Crippen LogP contribution in [0.25, 0.3) is 0 Å². The van der Waals surface area contributed by atoms with E-state index in [0.29, 0.717) is 36.7 Å². The second-order valence-electron chi connectivity index (χ2n) is 8.49. The van der Waals surface area contributed by atoms with E-state index in [1.807, 2.05) is 11.0 Å². The van der Waals surface area contributed by atoms with Gasteiger partial charge in [0.1, 0.15) is 12.1 Å². The Morgan fingerprint density at radius 1 is 1.24 bits per heavy atom. The molecule has 1 saturated carbocycles. The molecule has 3 aliphatic heterocycles. The molecule has 3 saturated heterocycles. The number of fused-ring (bicyclic) bond motifs is 3. The van der Waals surface area contributed by atoms with Crippen LogP contribution in [0.15, 0.2) is 24.3 Å². The highest BCUT2D eigenvalue weighted by molar-refractivity contribution is 6.02. The number of nitrogens with two attached hydrogens (primary N) is 1. The SMILES string of the molecule is N#Cc1ccccc1N1C(=O)[C@H]2C[C@@H]1CN2C[C@H](N)C(=O)N1[C@H](C#N)CC2C[C@@H]21. The summed E-state index contributed by atoms with van der Waals surface area (Å²) < 4.78 is 0. The van der Waals surface area contributed by atoms with E-state index in [1.54, 1.807) is 28.0 Å². The van der Waals surface area contributed by atoms with Crippen LogP contribution in [0.5, 0.6) is 0 Å². The van der Waals surface area contributed by atoms with E-state index in [0.717, 1.165) is 12.8 Å². The van der Waals surface area contributed by atoms with Gasteiger partial charge in [0.05, 0.1) is 35.4 Å². The minimum atomic E-state index is -0.739. The van der Waals surface area contributed by atoms with Crippen molar-refractivity contribution in [2.45, 2.75) is 49.5 Å². The monoisotopic (exact) mass is 390 g/mol. The molecule has 2 bridgehead atoms. The molecule has 8 nitrogen and oxygen atoms in total. The first-order chi connectivity index (χ1) is 14.0. The van der Waals surface area contributed by atoms with Gasteiger partial charge in [-0.3, -0.25) is 14.5 Å². The van der Waals surface area contributed by atoms with Crippen molar-refractivity contribution in [1.29, 1.82) is 10.5 Å². The zero-order chi connectivity index (χ0) is 20.3. The highest BCUT2D eigenvalue weighted by Crippen LogP contribution is 2.47. The molecular weight excluding hydrogens is 368 g/mol. The van der Waals surface area contributed by atoms with Crippen LogP contribution in [0.4, 0.5) is 5.69 Å². The molecule has 1 aliphatic carbocycles. The Morgan fingerprint density at radius 3 is 2.76 bits per heavy atom. The van der Waals surface area contributed by atoms with Crippen LogP contribution in [-0.4, -0.2) is 64.9 Å². The smallest absolute Gasteiger partial charge is 0.244 e. The number of piperidine rings is 1. The fourth-order valence-corrected chi connectivity index (χ4v) is 5.37. The van der Waals surface area contributed by atoms with Crippen LogP contribution < -0.4 is 10.6 Å². The number of anilines is 1. The summed E-state index contributed by atoms with van der Waals surface area (Å²) in [6, 6.07) is 10.2. The average Bonchev–Trinajstić information content (AvgIpc) is 3.07. The summed E-state index contributed by atoms with van der Waals surface area (Å²) in [4.78, 5) is 31.3. The van der Waals surface area contributed by atoms with Crippen molar-refractivity contribution in [2.24, 2.45) is 11.7 Å². The zero-order valence-electron chi connectivity index (χ0n) is 15.9. The molecule has 29 heavy (non-hydrogen) atoms. The third-order valence-electron chi connectivity index (χ3n) is 6.81. The lowest BCUT2D eigenvalue weighted by Gasteiger charge is -2.36. The Morgan fingerprint density at radius 2 is 2.03 bits per heavy atom. The summed E-state index contributed by atoms with van der Waals surface area (Å²) in [5.41, 5.74) is 7.38. The van der Waals surface area contributed by atoms with Crippen LogP contribution in [0.2, 0.25) is 0 Å². The first-order valence-corrected chi connectivity index (χ1v) is 10.1. The lowest BCUT2D eigenvalue weighted by molar-refractivity contribution is -0.135. The third kappa shape index (κ3) is 2.71. The van der Waals surface area contributed by atoms with Gasteiger partial charge in [0.25, 0.3) is 0 Å². The Balaban J connectivity index is 1.27. The number of rotatable bonds is 4. The maximum Gasteiger partial charge on any atom is 0.244 e. The minimum absolute atomic E-state index is 0.0178. The molecule has 2 amide bonds. The van der Waals surface area contributed by atoms with Gasteiger partial charge in [-0.2, -0.15) is 10.5 Å². The predicted octanol–water partition coefficient (Wildman–Crippen LogP) is 0.188. The number of hydrogen-bond donors (Lipinski definition) is 1. The molecule has 0 aromatic heterocycles. The summed E-state index contributed by atoms with van der Waals surface area (Å²) in [5, 5.41) is 18.7. The number of piperazine rings is 1. The number of nitrogens with zero attached hydrogens (tertiary/aromatic N) is 5. The predicted molar refractivity (Wildman–Crippen MR) is 103 cm³/mol. The molecular formula is C21H22N6O2. The van der Waals surface area contributed by atoms with Crippen molar-refractivity contribution in [3.05, 3.63) is 29.8 Å². The van der Waals surface area contributed by atoms with Crippen LogP contribution in [-0.2, 0) is 9.59 Å². The molecule has 1 aromatic rings. The van der Waals surface area contributed by atoms with E-state index in [2.05, 4.69) is 12.1 Å². The maximum atomic E-state index is 13.0. The number of benzene rings is 1. The molecule has 4 aliphatic rings. The molecule has 6 atom stereocenters. The Labute approximate surface area is 169 Å². The van der Waals surface area contributed by atoms with Crippen molar-refractivity contribution >= 4 is 17.5 Å². The summed E-state index contributed by atoms with van der Waals surface area (Å²) in [7, 11) is 0. The quantitative estimate of drug-likeness (QED) is 0.784. The largest absolute Gasteiger partial charge is 0.322 e. The number of amides is 2. The van der Waals surface area contributed by atoms with Crippen molar-refractivity contribution in [2.75, 3.05) is 18.0 Å². The normalized spacial score (nSPS) is 33.3. The van der Waals surface area contributed by atoms with Gasteiger partial charge < -0.3 is 15.5 Å². The number of carbonyl (C=O) groups is 2. The van der Waals surface area contributed by atoms with Crippen molar-refractivity contribution in [1.82, 2.24) is 9.80 Å². The highest BCUT2D eigenvalue weighted by atomic mass is 16.2. The second-order valence-corrected chi connectivity index (χ2v) is 8.49. The summed E-state index contributed by atoms with van der Waals surface area (Å²) in [6.07, 6.45) is 2.39. The summed E-state index contributed by atoms with van der Waals surface area (Å²) in [5.74, 6) is 0.235. The molecule has 148 valence electrons. The van der Waals surface area contributed by atoms with E-state index in [9.17, 15) is 20.1 Å². The van der Waals surface area contributed by atoms with Gasteiger partial charge in [-0.05, 0) is 37.3 Å². The Kier molecular flexibility index (Phi) is 4.09. The topological polar surface area (TPSA) is 117 Å². The second kappa shape index (κ2) is 6.55. The lowest BCUT2D eigenvalue weighted by Crippen LogP contribution is -2.57. The summed E-state index contributed by atoms with van der Waals surface area (Å²) in [6.45, 7) is 0.941. The van der Waals surface area contributed by atoms with Crippen LogP contribution in [0.1, 0.15) is 24.8 Å². The van der Waals surface area contributed by atoms with Gasteiger partial charge in [0.2, 0.25) is 11.8 Å². The molecule has 4 fully saturated rings. The van der Waals surface area contributed by atoms with E-state index in [1.165, 1.54) is 0 Å². The zero-order valence-corrected chi connectivity index (χ0v) is 15.9. The molecule has 2 N–H and O–H groups in total. The Bertz CT molecular complexity index is 965. The Hall–Kier alpha value is -2.94. The lowest BCUT2D eigenvalue weighted by atomic mass is 10.1. The van der Waals surface area contributed by atoms with Crippen LogP contribution in [0, 0.1) is 28.6 Å².